The van der Waals surface area contributed by atoms with E-state index in [-0.39, 0.29) is 6.42 Å². The number of benzene rings is 2. The van der Waals surface area contributed by atoms with Gasteiger partial charge in [0.15, 0.2) is 5.54 Å². The Hall–Kier alpha value is -2.92. The zero-order valence-corrected chi connectivity index (χ0v) is 18.7. The molecule has 3 aromatic rings. The number of urea groups is 1. The molecule has 1 aromatic heterocycles. The Morgan fingerprint density at radius 2 is 1.94 bits per heavy atom. The number of nitrogens with one attached hydrogen (secondary N) is 1. The minimum atomic E-state index is -2.84. The highest BCUT2D eigenvalue weighted by atomic mass is 35.5. The molecule has 3 atom stereocenters. The molecule has 1 fully saturated rings. The van der Waals surface area contributed by atoms with Crippen LogP contribution in [-0.4, -0.2) is 31.4 Å². The van der Waals surface area contributed by atoms with Gasteiger partial charge in [0.25, 0.3) is 0 Å². The highest BCUT2D eigenvalue weighted by Gasteiger charge is 2.66. The first-order valence-electron chi connectivity index (χ1n) is 9.37. The lowest BCUT2D eigenvalue weighted by molar-refractivity contribution is -0.139. The van der Waals surface area contributed by atoms with Gasteiger partial charge in [-0.1, -0.05) is 35.9 Å². The maximum Gasteiger partial charge on any atom is 0.331 e. The van der Waals surface area contributed by atoms with Crippen LogP contribution in [0.25, 0.3) is 10.4 Å². The van der Waals surface area contributed by atoms with E-state index in [4.69, 9.17) is 17.3 Å². The van der Waals surface area contributed by atoms with Gasteiger partial charge in [-0.05, 0) is 53.9 Å². The van der Waals surface area contributed by atoms with Gasteiger partial charge in [-0.15, -0.1) is 11.3 Å². The molecule has 4 N–H and O–H groups in total. The third-order valence-corrected chi connectivity index (χ3v) is 7.60. The molecule has 0 spiro atoms. The van der Waals surface area contributed by atoms with E-state index in [1.54, 1.807) is 60.7 Å². The van der Waals surface area contributed by atoms with Crippen molar-refractivity contribution in [3.63, 3.8) is 0 Å². The van der Waals surface area contributed by atoms with Crippen LogP contribution < -0.4 is 15.4 Å². The van der Waals surface area contributed by atoms with Crippen LogP contribution >= 0.6 is 22.9 Å². The maximum atomic E-state index is 12.3. The number of primary amides is 1. The number of nitrogens with zero attached hydrogens (tertiary/aromatic N) is 1. The minimum Gasteiger partial charge on any atom is -0.755 e. The molecular weight excluding hydrogens is 474 g/mol. The SMILES string of the molecule is NC(=O)Nc1cccc(C2CC2(C(=O)O)N(c2ccc(-c3ccc(Cl)cc3)s2)S(=O)[O-])c1. The molecule has 1 saturated carbocycles. The molecule has 0 bridgehead atoms. The van der Waals surface area contributed by atoms with Gasteiger partial charge in [-0.3, -0.25) is 8.51 Å². The molecule has 0 radical (unpaired) electrons. The maximum absolute atomic E-state index is 12.3. The lowest BCUT2D eigenvalue weighted by atomic mass is 10.1. The van der Waals surface area contributed by atoms with Crippen LogP contribution in [0.3, 0.4) is 0 Å². The molecule has 8 nitrogen and oxygen atoms in total. The topological polar surface area (TPSA) is 136 Å². The fourth-order valence-corrected chi connectivity index (χ4v) is 5.95. The number of carbonyl (C=O) groups excluding carboxylic acids is 1. The third-order valence-electron chi connectivity index (χ3n) is 5.29. The standard InChI is InChI=1S/C21H18ClN3O5S2/c22-14-6-4-12(5-7-14)17-8-9-18(31-17)25(32(29)30)21(19(26)27)11-16(21)13-2-1-3-15(10-13)24-20(23)28/h1-10,16H,11H2,(H,26,27)(H,29,30)(H3,23,24,28)/p-1. The Morgan fingerprint density at radius 1 is 1.22 bits per heavy atom. The Labute approximate surface area is 195 Å². The predicted molar refractivity (Wildman–Crippen MR) is 124 cm³/mol. The van der Waals surface area contributed by atoms with Gasteiger partial charge in [0.2, 0.25) is 0 Å². The van der Waals surface area contributed by atoms with Gasteiger partial charge in [-0.25, -0.2) is 9.59 Å². The van der Waals surface area contributed by atoms with Crippen LogP contribution in [0.1, 0.15) is 17.9 Å². The van der Waals surface area contributed by atoms with Crippen LogP contribution in [0.5, 0.6) is 0 Å². The van der Waals surface area contributed by atoms with Crippen molar-refractivity contribution in [3.8, 4) is 10.4 Å². The molecule has 0 aliphatic heterocycles. The van der Waals surface area contributed by atoms with Gasteiger partial charge in [0.1, 0.15) is 5.00 Å². The van der Waals surface area contributed by atoms with Gasteiger partial charge in [-0.2, -0.15) is 0 Å². The molecule has 11 heteroatoms. The van der Waals surface area contributed by atoms with Crippen molar-refractivity contribution in [3.05, 3.63) is 71.2 Å². The first kappa shape index (κ1) is 22.3. The summed E-state index contributed by atoms with van der Waals surface area (Å²) in [6, 6.07) is 16.2. The van der Waals surface area contributed by atoms with Crippen molar-refractivity contribution in [2.75, 3.05) is 9.62 Å². The first-order valence-corrected chi connectivity index (χ1v) is 11.6. The zero-order valence-electron chi connectivity index (χ0n) is 16.4. The number of hydrogen-bond donors (Lipinski definition) is 3. The summed E-state index contributed by atoms with van der Waals surface area (Å²) < 4.78 is 25.4. The lowest BCUT2D eigenvalue weighted by Gasteiger charge is -2.32. The van der Waals surface area contributed by atoms with Crippen molar-refractivity contribution in [1.29, 1.82) is 0 Å². The quantitative estimate of drug-likeness (QED) is 0.427. The number of anilines is 2. The number of amides is 2. The fourth-order valence-electron chi connectivity index (χ4n) is 3.78. The van der Waals surface area contributed by atoms with E-state index >= 15 is 0 Å². The largest absolute Gasteiger partial charge is 0.755 e. The summed E-state index contributed by atoms with van der Waals surface area (Å²) >= 11 is 4.27. The lowest BCUT2D eigenvalue weighted by Crippen LogP contribution is -2.46. The number of rotatable bonds is 7. The second-order valence-corrected chi connectivity index (χ2v) is 9.56. The van der Waals surface area contributed by atoms with E-state index < -0.39 is 34.7 Å². The van der Waals surface area contributed by atoms with Gasteiger partial charge < -0.3 is 20.7 Å². The fraction of sp³-hybridized carbons (Fsp3) is 0.143. The van der Waals surface area contributed by atoms with Crippen LogP contribution in [0, 0.1) is 0 Å². The molecule has 3 unspecified atom stereocenters. The van der Waals surface area contributed by atoms with Crippen LogP contribution in [0.4, 0.5) is 15.5 Å². The van der Waals surface area contributed by atoms with Crippen LogP contribution in [0.2, 0.25) is 5.02 Å². The Bertz CT molecular complexity index is 1220. The van der Waals surface area contributed by atoms with Gasteiger partial charge >= 0.3 is 12.0 Å². The number of thiophene rings is 1. The highest BCUT2D eigenvalue weighted by molar-refractivity contribution is 7.81. The molecule has 1 aliphatic carbocycles. The summed E-state index contributed by atoms with van der Waals surface area (Å²) in [5, 5.41) is 13.4. The third kappa shape index (κ3) is 4.09. The number of nitrogens with two attached hydrogens (primary N) is 1. The monoisotopic (exact) mass is 490 g/mol. The summed E-state index contributed by atoms with van der Waals surface area (Å²) in [5.41, 5.74) is 5.31. The normalized spacial score (nSPS) is 20.4. The number of hydrogen-bond acceptors (Lipinski definition) is 5. The summed E-state index contributed by atoms with van der Waals surface area (Å²) in [6.45, 7) is 0. The number of carbonyl (C=O) groups is 2. The van der Waals surface area contributed by atoms with E-state index in [2.05, 4.69) is 5.32 Å². The summed E-state index contributed by atoms with van der Waals surface area (Å²) in [5.74, 6) is -1.85. The zero-order chi connectivity index (χ0) is 23.0. The van der Waals surface area contributed by atoms with E-state index in [1.807, 2.05) is 0 Å². The molecule has 0 saturated heterocycles. The van der Waals surface area contributed by atoms with Crippen LogP contribution in [0.15, 0.2) is 60.7 Å². The summed E-state index contributed by atoms with van der Waals surface area (Å²) in [6.07, 6.45) is 0.0878. The second-order valence-electron chi connectivity index (χ2n) is 7.26. The minimum absolute atomic E-state index is 0.0878. The molecule has 166 valence electrons. The van der Waals surface area contributed by atoms with Gasteiger partial charge in [0.05, 0.1) is 0 Å². The summed E-state index contributed by atoms with van der Waals surface area (Å²) in [7, 11) is 0. The predicted octanol–water partition coefficient (Wildman–Crippen LogP) is 4.17. The molecule has 1 heterocycles. The van der Waals surface area contributed by atoms with E-state index in [0.29, 0.717) is 21.3 Å². The average Bonchev–Trinajstić information content (AvgIpc) is 3.30. The van der Waals surface area contributed by atoms with Crippen molar-refractivity contribution < 1.29 is 23.5 Å². The number of aliphatic carboxylic acids is 1. The van der Waals surface area contributed by atoms with Crippen molar-refractivity contribution >= 4 is 56.9 Å². The molecular formula is C21H17ClN3O5S2-. The highest BCUT2D eigenvalue weighted by Crippen LogP contribution is 2.58. The van der Waals surface area contributed by atoms with Crippen molar-refractivity contribution in [2.45, 2.75) is 17.9 Å². The van der Waals surface area contributed by atoms with Crippen molar-refractivity contribution in [2.24, 2.45) is 5.73 Å². The van der Waals surface area contributed by atoms with E-state index in [9.17, 15) is 23.5 Å². The molecule has 4 rings (SSSR count). The number of halogens is 1. The van der Waals surface area contributed by atoms with E-state index in [1.165, 1.54) is 11.3 Å². The smallest absolute Gasteiger partial charge is 0.331 e. The molecule has 32 heavy (non-hydrogen) atoms. The molecule has 1 aliphatic rings. The number of carboxylic acid groups (broad SMARTS) is 1. The first-order chi connectivity index (χ1) is 15.2. The Morgan fingerprint density at radius 3 is 2.56 bits per heavy atom. The molecule has 2 aromatic carbocycles. The Kier molecular flexibility index (Phi) is 5.95. The van der Waals surface area contributed by atoms with Gasteiger partial charge in [0, 0.05) is 32.8 Å². The van der Waals surface area contributed by atoms with Crippen molar-refractivity contribution in [1.82, 2.24) is 0 Å². The molecule has 2 amide bonds. The Balaban J connectivity index is 1.70. The van der Waals surface area contributed by atoms with Crippen LogP contribution in [-0.2, 0) is 16.1 Å². The second kappa shape index (κ2) is 8.55. The average molecular weight is 491 g/mol. The summed E-state index contributed by atoms with van der Waals surface area (Å²) in [4.78, 5) is 24.3. The number of carboxylic acids is 1. The van der Waals surface area contributed by atoms with E-state index in [0.717, 1.165) is 14.7 Å².